The van der Waals surface area contributed by atoms with Crippen LogP contribution in [0.25, 0.3) is 0 Å². The van der Waals surface area contributed by atoms with E-state index in [9.17, 15) is 14.4 Å². The first-order chi connectivity index (χ1) is 18.7. The summed E-state index contributed by atoms with van der Waals surface area (Å²) in [6.45, 7) is 19.6. The maximum absolute atomic E-state index is 14.4. The number of hydrogen-bond donors (Lipinski definition) is 2. The second-order valence-electron chi connectivity index (χ2n) is 11.9. The molecule has 0 saturated heterocycles. The predicted molar refractivity (Wildman–Crippen MR) is 162 cm³/mol. The van der Waals surface area contributed by atoms with Crippen LogP contribution in [0.3, 0.4) is 0 Å². The Bertz CT molecular complexity index is 1160. The van der Waals surface area contributed by atoms with Crippen molar-refractivity contribution >= 4 is 23.6 Å². The standard InChI is InChI=1S/C33H49N3O4/c1-11-13-19-36(31(38)28(22(4)12-2)35-32(39)40-33(8,9)10)29(26-20-21(3)17-18-23(26)5)30(37)34-27-24(6)15-14-16-25(27)7/h14-18,20,22,28-29H,11-13,19H2,1-10H3,(H,34,37)(H,35,39). The number of anilines is 1. The van der Waals surface area contributed by atoms with Gasteiger partial charge in [-0.1, -0.05) is 75.6 Å². The summed E-state index contributed by atoms with van der Waals surface area (Å²) < 4.78 is 5.51. The van der Waals surface area contributed by atoms with E-state index in [4.69, 9.17) is 4.74 Å². The number of carbonyl (C=O) groups excluding carboxylic acids is 3. The molecule has 2 rings (SSSR count). The van der Waals surface area contributed by atoms with Crippen molar-refractivity contribution < 1.29 is 19.1 Å². The molecule has 2 N–H and O–H groups in total. The molecule has 0 saturated carbocycles. The van der Waals surface area contributed by atoms with E-state index in [1.165, 1.54) is 0 Å². The lowest BCUT2D eigenvalue weighted by atomic mass is 9.93. The number of ether oxygens (including phenoxy) is 1. The van der Waals surface area contributed by atoms with Crippen LogP contribution in [-0.4, -0.2) is 41.0 Å². The Labute approximate surface area is 241 Å². The van der Waals surface area contributed by atoms with Gasteiger partial charge in [-0.05, 0) is 83.1 Å². The molecule has 0 spiro atoms. The summed E-state index contributed by atoms with van der Waals surface area (Å²) in [7, 11) is 0. The van der Waals surface area contributed by atoms with Gasteiger partial charge in [0.2, 0.25) is 5.91 Å². The van der Waals surface area contributed by atoms with Crippen LogP contribution in [0.15, 0.2) is 36.4 Å². The van der Waals surface area contributed by atoms with Gasteiger partial charge >= 0.3 is 6.09 Å². The van der Waals surface area contributed by atoms with Crippen LogP contribution < -0.4 is 10.6 Å². The fraction of sp³-hybridized carbons (Fsp3) is 0.545. The number of hydrogen-bond acceptors (Lipinski definition) is 4. The summed E-state index contributed by atoms with van der Waals surface area (Å²) in [6, 6.07) is 10.1. The molecule has 3 amide bonds. The highest BCUT2D eigenvalue weighted by Gasteiger charge is 2.38. The van der Waals surface area contributed by atoms with Crippen LogP contribution >= 0.6 is 0 Å². The average molecular weight is 552 g/mol. The van der Waals surface area contributed by atoms with E-state index in [2.05, 4.69) is 17.6 Å². The van der Waals surface area contributed by atoms with E-state index in [0.29, 0.717) is 19.4 Å². The van der Waals surface area contributed by atoms with E-state index in [1.54, 1.807) is 25.7 Å². The molecule has 0 fully saturated rings. The van der Waals surface area contributed by atoms with E-state index >= 15 is 0 Å². The zero-order valence-corrected chi connectivity index (χ0v) is 26.1. The Morgan fingerprint density at radius 3 is 2.12 bits per heavy atom. The van der Waals surface area contributed by atoms with Crippen molar-refractivity contribution in [2.75, 3.05) is 11.9 Å². The van der Waals surface area contributed by atoms with Gasteiger partial charge in [0.1, 0.15) is 17.7 Å². The van der Waals surface area contributed by atoms with Crippen molar-refractivity contribution in [2.45, 2.75) is 106 Å². The third-order valence-corrected chi connectivity index (χ3v) is 7.21. The van der Waals surface area contributed by atoms with Gasteiger partial charge < -0.3 is 20.3 Å². The molecular weight excluding hydrogens is 502 g/mol. The van der Waals surface area contributed by atoms with Crippen molar-refractivity contribution in [1.82, 2.24) is 10.2 Å². The topological polar surface area (TPSA) is 87.7 Å². The van der Waals surface area contributed by atoms with Gasteiger partial charge in [-0.25, -0.2) is 4.79 Å². The number of benzene rings is 2. The molecule has 0 radical (unpaired) electrons. The van der Waals surface area contributed by atoms with Gasteiger partial charge in [-0.2, -0.15) is 0 Å². The third-order valence-electron chi connectivity index (χ3n) is 7.21. The minimum Gasteiger partial charge on any atom is -0.444 e. The normalized spacial score (nSPS) is 13.7. The highest BCUT2D eigenvalue weighted by molar-refractivity contribution is 6.00. The zero-order valence-electron chi connectivity index (χ0n) is 26.1. The number of rotatable bonds is 11. The Morgan fingerprint density at radius 2 is 1.57 bits per heavy atom. The van der Waals surface area contributed by atoms with Crippen LogP contribution in [0, 0.1) is 33.6 Å². The van der Waals surface area contributed by atoms with Crippen LogP contribution in [-0.2, 0) is 14.3 Å². The SMILES string of the molecule is CCCCN(C(=O)C(NC(=O)OC(C)(C)C)C(C)CC)C(C(=O)Nc1c(C)cccc1C)c1cc(C)ccc1C. The maximum atomic E-state index is 14.4. The molecule has 0 bridgehead atoms. The molecule has 40 heavy (non-hydrogen) atoms. The fourth-order valence-electron chi connectivity index (χ4n) is 4.70. The molecular formula is C33H49N3O4. The Morgan fingerprint density at radius 1 is 0.950 bits per heavy atom. The fourth-order valence-corrected chi connectivity index (χ4v) is 4.70. The van der Waals surface area contributed by atoms with Crippen molar-refractivity contribution in [1.29, 1.82) is 0 Å². The highest BCUT2D eigenvalue weighted by atomic mass is 16.6. The Hall–Kier alpha value is -3.35. The number of para-hydroxylation sites is 1. The minimum absolute atomic E-state index is 0.176. The second kappa shape index (κ2) is 14.3. The number of amides is 3. The quantitative estimate of drug-likeness (QED) is 0.310. The van der Waals surface area contributed by atoms with Crippen LogP contribution in [0.4, 0.5) is 10.5 Å². The molecule has 0 aliphatic rings. The van der Waals surface area contributed by atoms with Crippen molar-refractivity contribution in [2.24, 2.45) is 5.92 Å². The zero-order chi connectivity index (χ0) is 30.2. The number of nitrogens with zero attached hydrogens (tertiary/aromatic N) is 1. The van der Waals surface area contributed by atoms with E-state index < -0.39 is 23.8 Å². The Kier molecular flexibility index (Phi) is 11.8. The molecule has 3 atom stereocenters. The van der Waals surface area contributed by atoms with Gasteiger partial charge in [0, 0.05) is 12.2 Å². The summed E-state index contributed by atoms with van der Waals surface area (Å²) in [4.78, 5) is 43.2. The van der Waals surface area contributed by atoms with Crippen LogP contribution in [0.5, 0.6) is 0 Å². The first-order valence-electron chi connectivity index (χ1n) is 14.4. The van der Waals surface area contributed by atoms with Gasteiger partial charge in [0.15, 0.2) is 0 Å². The summed E-state index contributed by atoms with van der Waals surface area (Å²) in [6.07, 6.45) is 1.57. The smallest absolute Gasteiger partial charge is 0.408 e. The largest absolute Gasteiger partial charge is 0.444 e. The summed E-state index contributed by atoms with van der Waals surface area (Å²) in [5.74, 6) is -0.753. The lowest BCUT2D eigenvalue weighted by molar-refractivity contribution is -0.142. The Balaban J connectivity index is 2.65. The van der Waals surface area contributed by atoms with E-state index in [-0.39, 0.29) is 17.7 Å². The number of unbranched alkanes of at least 4 members (excludes halogenated alkanes) is 1. The number of carbonyl (C=O) groups is 3. The molecule has 0 aliphatic carbocycles. The lowest BCUT2D eigenvalue weighted by Gasteiger charge is -2.37. The highest BCUT2D eigenvalue weighted by Crippen LogP contribution is 2.30. The van der Waals surface area contributed by atoms with E-state index in [1.807, 2.05) is 77.9 Å². The van der Waals surface area contributed by atoms with Gasteiger partial charge in [-0.15, -0.1) is 0 Å². The monoisotopic (exact) mass is 551 g/mol. The van der Waals surface area contributed by atoms with E-state index in [0.717, 1.165) is 39.9 Å². The van der Waals surface area contributed by atoms with Crippen molar-refractivity contribution in [3.8, 4) is 0 Å². The minimum atomic E-state index is -0.884. The molecule has 2 aromatic carbocycles. The number of aryl methyl sites for hydroxylation is 4. The van der Waals surface area contributed by atoms with Gasteiger partial charge in [0.05, 0.1) is 0 Å². The summed E-state index contributed by atoms with van der Waals surface area (Å²) in [5, 5.41) is 5.98. The number of alkyl carbamates (subject to hydrolysis) is 1. The number of nitrogens with one attached hydrogen (secondary N) is 2. The molecule has 220 valence electrons. The first kappa shape index (κ1) is 32.9. The van der Waals surface area contributed by atoms with Crippen LogP contribution in [0.2, 0.25) is 0 Å². The molecule has 0 aromatic heterocycles. The first-order valence-corrected chi connectivity index (χ1v) is 14.4. The molecule has 0 heterocycles. The summed E-state index contributed by atoms with van der Waals surface area (Å²) >= 11 is 0. The molecule has 7 heteroatoms. The van der Waals surface area contributed by atoms with Crippen molar-refractivity contribution in [3.63, 3.8) is 0 Å². The lowest BCUT2D eigenvalue weighted by Crippen LogP contribution is -2.55. The molecule has 3 unspecified atom stereocenters. The third kappa shape index (κ3) is 8.83. The van der Waals surface area contributed by atoms with Gasteiger partial charge in [-0.3, -0.25) is 9.59 Å². The predicted octanol–water partition coefficient (Wildman–Crippen LogP) is 7.17. The molecule has 7 nitrogen and oxygen atoms in total. The summed E-state index contributed by atoms with van der Waals surface area (Å²) in [5.41, 5.74) is 4.62. The van der Waals surface area contributed by atoms with Crippen molar-refractivity contribution in [3.05, 3.63) is 64.2 Å². The van der Waals surface area contributed by atoms with Crippen LogP contribution in [0.1, 0.15) is 94.7 Å². The second-order valence-corrected chi connectivity index (χ2v) is 11.9. The molecule has 2 aromatic rings. The van der Waals surface area contributed by atoms with Gasteiger partial charge in [0.25, 0.3) is 5.91 Å². The molecule has 0 aliphatic heterocycles. The maximum Gasteiger partial charge on any atom is 0.408 e. The average Bonchev–Trinajstić information content (AvgIpc) is 2.87.